The molecule has 0 spiro atoms. The number of fused-ring (bicyclic) bond motifs is 1. The highest BCUT2D eigenvalue weighted by molar-refractivity contribution is 5.91. The number of hydrogen-bond donors (Lipinski definition) is 0. The summed E-state index contributed by atoms with van der Waals surface area (Å²) in [6, 6.07) is 15.5. The van der Waals surface area contributed by atoms with Crippen molar-refractivity contribution in [1.29, 1.82) is 0 Å². The standard InChI is InChI=1S/C21H23N2/c1-15-7-3-6-10-18(15)21-19-13-17(16-8-4-5-9-16)11-12-20(19)22-14-23(21)2/h3,6-7,10-14,16H,4-5,8-9H2,1-2H3/q+1. The van der Waals surface area contributed by atoms with E-state index in [2.05, 4.69) is 66.0 Å². The van der Waals surface area contributed by atoms with Crippen LogP contribution in [0, 0.1) is 6.92 Å². The van der Waals surface area contributed by atoms with Crippen molar-refractivity contribution in [3.63, 3.8) is 0 Å². The van der Waals surface area contributed by atoms with Crippen LogP contribution in [0.25, 0.3) is 22.2 Å². The quantitative estimate of drug-likeness (QED) is 0.627. The summed E-state index contributed by atoms with van der Waals surface area (Å²) < 4.78 is 2.16. The Labute approximate surface area is 137 Å². The Morgan fingerprint density at radius 2 is 1.83 bits per heavy atom. The molecule has 0 N–H and O–H groups in total. The minimum Gasteiger partial charge on any atom is -0.232 e. The molecule has 2 heteroatoms. The van der Waals surface area contributed by atoms with Crippen LogP contribution in [0.3, 0.4) is 0 Å². The molecule has 0 atom stereocenters. The van der Waals surface area contributed by atoms with Crippen LogP contribution in [0.2, 0.25) is 0 Å². The third-order valence-electron chi connectivity index (χ3n) is 5.23. The number of benzene rings is 2. The van der Waals surface area contributed by atoms with Gasteiger partial charge in [0, 0.05) is 5.56 Å². The van der Waals surface area contributed by atoms with Gasteiger partial charge in [0.2, 0.25) is 0 Å². The molecule has 23 heavy (non-hydrogen) atoms. The Kier molecular flexibility index (Phi) is 3.60. The van der Waals surface area contributed by atoms with E-state index in [1.54, 1.807) is 0 Å². The molecule has 1 fully saturated rings. The summed E-state index contributed by atoms with van der Waals surface area (Å²) in [5, 5.41) is 1.27. The zero-order valence-corrected chi connectivity index (χ0v) is 13.9. The van der Waals surface area contributed by atoms with Gasteiger partial charge in [-0.1, -0.05) is 43.2 Å². The molecule has 2 nitrogen and oxygen atoms in total. The topological polar surface area (TPSA) is 16.8 Å². The molecule has 4 rings (SSSR count). The van der Waals surface area contributed by atoms with Crippen LogP contribution in [0.1, 0.15) is 42.7 Å². The van der Waals surface area contributed by atoms with Crippen LogP contribution in [0.5, 0.6) is 0 Å². The van der Waals surface area contributed by atoms with Gasteiger partial charge >= 0.3 is 0 Å². The predicted molar refractivity (Wildman–Crippen MR) is 94.3 cm³/mol. The Balaban J connectivity index is 1.96. The summed E-state index contributed by atoms with van der Waals surface area (Å²) in [6.07, 6.45) is 7.33. The van der Waals surface area contributed by atoms with Crippen molar-refractivity contribution >= 4 is 10.9 Å². The van der Waals surface area contributed by atoms with E-state index in [1.807, 2.05) is 6.33 Å². The zero-order valence-electron chi connectivity index (χ0n) is 13.9. The second-order valence-corrected chi connectivity index (χ2v) is 6.78. The fraction of sp³-hybridized carbons (Fsp3) is 0.333. The molecule has 116 valence electrons. The Morgan fingerprint density at radius 1 is 1.04 bits per heavy atom. The summed E-state index contributed by atoms with van der Waals surface area (Å²) >= 11 is 0. The number of hydrogen-bond acceptors (Lipinski definition) is 1. The molecule has 1 saturated carbocycles. The normalized spacial score (nSPS) is 15.4. The highest BCUT2D eigenvalue weighted by Crippen LogP contribution is 2.36. The van der Waals surface area contributed by atoms with E-state index in [0.717, 1.165) is 11.4 Å². The molecule has 1 aliphatic carbocycles. The van der Waals surface area contributed by atoms with Gasteiger partial charge in [-0.2, -0.15) is 0 Å². The van der Waals surface area contributed by atoms with Gasteiger partial charge in [0.1, 0.15) is 5.69 Å². The van der Waals surface area contributed by atoms with Crippen LogP contribution >= 0.6 is 0 Å². The minimum absolute atomic E-state index is 0.731. The summed E-state index contributed by atoms with van der Waals surface area (Å²) in [4.78, 5) is 4.63. The third kappa shape index (κ3) is 2.52. The lowest BCUT2D eigenvalue weighted by molar-refractivity contribution is -0.662. The van der Waals surface area contributed by atoms with E-state index in [0.29, 0.717) is 0 Å². The molecule has 0 aliphatic heterocycles. The van der Waals surface area contributed by atoms with Gasteiger partial charge in [-0.05, 0) is 53.9 Å². The second-order valence-electron chi connectivity index (χ2n) is 6.78. The van der Waals surface area contributed by atoms with E-state index >= 15 is 0 Å². The highest BCUT2D eigenvalue weighted by atomic mass is 15.0. The lowest BCUT2D eigenvalue weighted by Gasteiger charge is -2.12. The minimum atomic E-state index is 0.731. The molecule has 0 amide bonds. The van der Waals surface area contributed by atoms with E-state index in [1.165, 1.54) is 53.5 Å². The molecule has 0 bridgehead atoms. The molecule has 3 aromatic rings. The lowest BCUT2D eigenvalue weighted by atomic mass is 9.94. The molecular weight excluding hydrogens is 280 g/mol. The fourth-order valence-electron chi connectivity index (χ4n) is 3.94. The van der Waals surface area contributed by atoms with Gasteiger partial charge in [-0.3, -0.25) is 0 Å². The molecule has 0 saturated heterocycles. The summed E-state index contributed by atoms with van der Waals surface area (Å²) in [5.41, 5.74) is 6.45. The molecular formula is C21H23N2+. The fourth-order valence-corrected chi connectivity index (χ4v) is 3.94. The highest BCUT2D eigenvalue weighted by Gasteiger charge is 2.21. The molecule has 1 aromatic heterocycles. The smallest absolute Gasteiger partial charge is 0.232 e. The maximum atomic E-state index is 4.63. The molecule has 2 aromatic carbocycles. The van der Waals surface area contributed by atoms with E-state index in [-0.39, 0.29) is 0 Å². The third-order valence-corrected chi connectivity index (χ3v) is 5.23. The monoisotopic (exact) mass is 303 g/mol. The van der Waals surface area contributed by atoms with Gasteiger partial charge in [0.15, 0.2) is 5.52 Å². The van der Waals surface area contributed by atoms with Crippen LogP contribution in [-0.2, 0) is 7.05 Å². The maximum absolute atomic E-state index is 4.63. The first kappa shape index (κ1) is 14.4. The number of nitrogens with zero attached hydrogens (tertiary/aromatic N) is 2. The van der Waals surface area contributed by atoms with Crippen molar-refractivity contribution in [3.8, 4) is 11.3 Å². The van der Waals surface area contributed by atoms with Crippen molar-refractivity contribution in [2.24, 2.45) is 7.05 Å². The zero-order chi connectivity index (χ0) is 15.8. The first-order valence-electron chi connectivity index (χ1n) is 8.58. The summed E-state index contributed by atoms with van der Waals surface area (Å²) in [5.74, 6) is 0.731. The number of aryl methyl sites for hydroxylation is 2. The van der Waals surface area contributed by atoms with Gasteiger partial charge in [-0.25, -0.2) is 4.57 Å². The Hall–Kier alpha value is -2.22. The predicted octanol–water partition coefficient (Wildman–Crippen LogP) is 4.69. The summed E-state index contributed by atoms with van der Waals surface area (Å²) in [7, 11) is 2.09. The van der Waals surface area contributed by atoms with Crippen LogP contribution in [-0.4, -0.2) is 4.98 Å². The second kappa shape index (κ2) is 5.77. The van der Waals surface area contributed by atoms with E-state index in [9.17, 15) is 0 Å². The van der Waals surface area contributed by atoms with Gasteiger partial charge in [0.25, 0.3) is 6.33 Å². The van der Waals surface area contributed by atoms with Gasteiger partial charge in [0.05, 0.1) is 12.4 Å². The van der Waals surface area contributed by atoms with E-state index in [4.69, 9.17) is 0 Å². The first-order valence-corrected chi connectivity index (χ1v) is 8.58. The summed E-state index contributed by atoms with van der Waals surface area (Å²) in [6.45, 7) is 2.18. The van der Waals surface area contributed by atoms with Crippen LogP contribution < -0.4 is 4.57 Å². The van der Waals surface area contributed by atoms with Crippen molar-refractivity contribution in [2.45, 2.75) is 38.5 Å². The molecule has 0 radical (unpaired) electrons. The van der Waals surface area contributed by atoms with Gasteiger partial charge < -0.3 is 0 Å². The largest absolute Gasteiger partial charge is 0.287 e. The van der Waals surface area contributed by atoms with Crippen LogP contribution in [0.15, 0.2) is 48.8 Å². The number of rotatable bonds is 2. The molecule has 1 aliphatic rings. The van der Waals surface area contributed by atoms with Crippen molar-refractivity contribution in [1.82, 2.24) is 4.98 Å². The number of aromatic nitrogens is 2. The lowest BCUT2D eigenvalue weighted by Crippen LogP contribution is -2.31. The van der Waals surface area contributed by atoms with Crippen molar-refractivity contribution < 1.29 is 4.57 Å². The average molecular weight is 303 g/mol. The Morgan fingerprint density at radius 3 is 2.61 bits per heavy atom. The van der Waals surface area contributed by atoms with Crippen molar-refractivity contribution in [3.05, 3.63) is 59.9 Å². The SMILES string of the molecule is Cc1ccccc1-c1c2cc(C3CCCC3)ccc2nc[n+]1C. The maximum Gasteiger partial charge on any atom is 0.287 e. The Bertz CT molecular complexity index is 861. The molecule has 1 heterocycles. The van der Waals surface area contributed by atoms with Gasteiger partial charge in [-0.15, -0.1) is 0 Å². The molecule has 0 unspecified atom stereocenters. The first-order chi connectivity index (χ1) is 11.2. The average Bonchev–Trinajstić information content (AvgIpc) is 3.10. The van der Waals surface area contributed by atoms with Crippen molar-refractivity contribution in [2.75, 3.05) is 0 Å². The van der Waals surface area contributed by atoms with E-state index < -0.39 is 0 Å². The van der Waals surface area contributed by atoms with Crippen LogP contribution in [0.4, 0.5) is 0 Å².